The molecule has 4 heteroatoms. The first-order valence-corrected chi connectivity index (χ1v) is 6.39. The lowest BCUT2D eigenvalue weighted by atomic mass is 10.1. The molecular weight excluding hydrogens is 234 g/mol. The highest BCUT2D eigenvalue weighted by Gasteiger charge is 2.21. The maximum absolute atomic E-state index is 10.4. The van der Waals surface area contributed by atoms with Crippen molar-refractivity contribution in [2.24, 2.45) is 0 Å². The van der Waals surface area contributed by atoms with Crippen LogP contribution in [0.15, 0.2) is 11.4 Å². The Labute approximate surface area is 105 Å². The van der Waals surface area contributed by atoms with Gasteiger partial charge in [0.05, 0.1) is 17.7 Å². The fourth-order valence-electron chi connectivity index (χ4n) is 1.95. The van der Waals surface area contributed by atoms with E-state index in [0.29, 0.717) is 0 Å². The van der Waals surface area contributed by atoms with E-state index < -0.39 is 6.10 Å². The standard InChI is InChI=1S/C13H17NO2S/c1-7-8(2)11(14-9(7)3)12(15)13-10(16-4)5-6-17-13/h5-6,12,14-15H,1-4H3. The minimum Gasteiger partial charge on any atom is -0.495 e. The summed E-state index contributed by atoms with van der Waals surface area (Å²) in [4.78, 5) is 4.10. The van der Waals surface area contributed by atoms with Crippen LogP contribution in [0.1, 0.15) is 33.5 Å². The number of aliphatic hydroxyl groups is 1. The number of aromatic amines is 1. The lowest BCUT2D eigenvalue weighted by Crippen LogP contribution is -2.01. The molecule has 0 radical (unpaired) electrons. The second-order valence-corrected chi connectivity index (χ2v) is 5.12. The minimum absolute atomic E-state index is 0.641. The van der Waals surface area contributed by atoms with Crippen molar-refractivity contribution in [2.75, 3.05) is 7.11 Å². The number of methoxy groups -OCH3 is 1. The molecule has 2 rings (SSSR count). The number of ether oxygens (including phenoxy) is 1. The van der Waals surface area contributed by atoms with Gasteiger partial charge in [0.25, 0.3) is 0 Å². The van der Waals surface area contributed by atoms with Gasteiger partial charge in [-0.1, -0.05) is 0 Å². The van der Waals surface area contributed by atoms with E-state index in [1.807, 2.05) is 25.3 Å². The molecule has 2 aromatic heterocycles. The molecule has 1 atom stereocenters. The lowest BCUT2D eigenvalue weighted by molar-refractivity contribution is 0.214. The van der Waals surface area contributed by atoms with Gasteiger partial charge in [0.2, 0.25) is 0 Å². The number of aryl methyl sites for hydroxylation is 1. The first-order valence-electron chi connectivity index (χ1n) is 5.51. The molecule has 0 aliphatic carbocycles. The highest BCUT2D eigenvalue weighted by atomic mass is 32.1. The van der Waals surface area contributed by atoms with E-state index in [-0.39, 0.29) is 0 Å². The second-order valence-electron chi connectivity index (χ2n) is 4.17. The van der Waals surface area contributed by atoms with Crippen molar-refractivity contribution in [1.29, 1.82) is 0 Å². The molecule has 0 saturated carbocycles. The molecule has 2 aromatic rings. The Hall–Kier alpha value is -1.26. The van der Waals surface area contributed by atoms with E-state index in [4.69, 9.17) is 4.74 Å². The maximum Gasteiger partial charge on any atom is 0.135 e. The third kappa shape index (κ3) is 1.98. The summed E-state index contributed by atoms with van der Waals surface area (Å²) >= 11 is 1.51. The number of H-pyrrole nitrogens is 1. The van der Waals surface area contributed by atoms with Gasteiger partial charge in [0.15, 0.2) is 0 Å². The number of thiophene rings is 1. The Bertz CT molecular complexity index is 528. The molecule has 3 nitrogen and oxygen atoms in total. The summed E-state index contributed by atoms with van der Waals surface area (Å²) in [5.74, 6) is 0.742. The molecule has 2 N–H and O–H groups in total. The second kappa shape index (κ2) is 4.55. The van der Waals surface area contributed by atoms with Crippen molar-refractivity contribution in [3.8, 4) is 5.75 Å². The van der Waals surface area contributed by atoms with Gasteiger partial charge >= 0.3 is 0 Å². The molecule has 0 fully saturated rings. The SMILES string of the molecule is COc1ccsc1C(O)c1[nH]c(C)c(C)c1C. The highest BCUT2D eigenvalue weighted by Crippen LogP contribution is 2.36. The van der Waals surface area contributed by atoms with Gasteiger partial charge in [-0.05, 0) is 43.3 Å². The Morgan fingerprint density at radius 2 is 2.00 bits per heavy atom. The van der Waals surface area contributed by atoms with Crippen molar-refractivity contribution in [2.45, 2.75) is 26.9 Å². The first-order chi connectivity index (χ1) is 8.06. The van der Waals surface area contributed by atoms with Crippen LogP contribution in [0.5, 0.6) is 5.75 Å². The van der Waals surface area contributed by atoms with Crippen LogP contribution < -0.4 is 4.74 Å². The van der Waals surface area contributed by atoms with Gasteiger partial charge in [-0.2, -0.15) is 0 Å². The van der Waals surface area contributed by atoms with E-state index in [1.165, 1.54) is 16.9 Å². The predicted octanol–water partition coefficient (Wildman–Crippen LogP) is 3.09. The molecular formula is C13H17NO2S. The molecule has 0 spiro atoms. The number of hydrogen-bond acceptors (Lipinski definition) is 3. The van der Waals surface area contributed by atoms with Gasteiger partial charge < -0.3 is 14.8 Å². The summed E-state index contributed by atoms with van der Waals surface area (Å²) in [6.07, 6.45) is -0.641. The van der Waals surface area contributed by atoms with Crippen LogP contribution in [-0.4, -0.2) is 17.2 Å². The number of nitrogens with one attached hydrogen (secondary N) is 1. The maximum atomic E-state index is 10.4. The van der Waals surface area contributed by atoms with E-state index in [1.54, 1.807) is 7.11 Å². The third-order valence-corrected chi connectivity index (χ3v) is 4.20. The van der Waals surface area contributed by atoms with Gasteiger partial charge in [0.1, 0.15) is 11.9 Å². The number of hydrogen-bond donors (Lipinski definition) is 2. The predicted molar refractivity (Wildman–Crippen MR) is 69.9 cm³/mol. The van der Waals surface area contributed by atoms with Crippen molar-refractivity contribution in [3.63, 3.8) is 0 Å². The molecule has 0 aliphatic heterocycles. The Balaban J connectivity index is 2.43. The first kappa shape index (κ1) is 12.2. The zero-order chi connectivity index (χ0) is 12.6. The zero-order valence-electron chi connectivity index (χ0n) is 10.5. The number of rotatable bonds is 3. The Morgan fingerprint density at radius 3 is 2.53 bits per heavy atom. The molecule has 17 heavy (non-hydrogen) atoms. The largest absolute Gasteiger partial charge is 0.495 e. The minimum atomic E-state index is -0.641. The molecule has 2 heterocycles. The topological polar surface area (TPSA) is 45.2 Å². The Morgan fingerprint density at radius 1 is 1.29 bits per heavy atom. The van der Waals surface area contributed by atoms with E-state index in [2.05, 4.69) is 11.9 Å². The van der Waals surface area contributed by atoms with Crippen LogP contribution in [0.2, 0.25) is 0 Å². The van der Waals surface area contributed by atoms with Crippen LogP contribution in [0.4, 0.5) is 0 Å². The monoisotopic (exact) mass is 251 g/mol. The average molecular weight is 251 g/mol. The smallest absolute Gasteiger partial charge is 0.135 e. The summed E-state index contributed by atoms with van der Waals surface area (Å²) in [6, 6.07) is 1.88. The van der Waals surface area contributed by atoms with Gasteiger partial charge in [-0.3, -0.25) is 0 Å². The number of aliphatic hydroxyl groups excluding tert-OH is 1. The number of aromatic nitrogens is 1. The highest BCUT2D eigenvalue weighted by molar-refractivity contribution is 7.10. The van der Waals surface area contributed by atoms with Crippen LogP contribution in [0.3, 0.4) is 0 Å². The van der Waals surface area contributed by atoms with Gasteiger partial charge in [0, 0.05) is 5.69 Å². The van der Waals surface area contributed by atoms with Gasteiger partial charge in [-0.15, -0.1) is 11.3 Å². The van der Waals surface area contributed by atoms with E-state index >= 15 is 0 Å². The van der Waals surface area contributed by atoms with Crippen LogP contribution >= 0.6 is 11.3 Å². The van der Waals surface area contributed by atoms with Crippen LogP contribution in [0, 0.1) is 20.8 Å². The summed E-state index contributed by atoms with van der Waals surface area (Å²) in [7, 11) is 1.62. The van der Waals surface area contributed by atoms with Crippen molar-refractivity contribution < 1.29 is 9.84 Å². The molecule has 0 bridgehead atoms. The van der Waals surface area contributed by atoms with Crippen molar-refractivity contribution in [3.05, 3.63) is 38.8 Å². The third-order valence-electron chi connectivity index (χ3n) is 3.25. The summed E-state index contributed by atoms with van der Waals surface area (Å²) < 4.78 is 5.24. The Kier molecular flexibility index (Phi) is 3.26. The van der Waals surface area contributed by atoms with E-state index in [9.17, 15) is 5.11 Å². The molecule has 0 aliphatic rings. The molecule has 1 unspecified atom stereocenters. The molecule has 0 saturated heterocycles. The van der Waals surface area contributed by atoms with E-state index in [0.717, 1.165) is 27.6 Å². The zero-order valence-corrected chi connectivity index (χ0v) is 11.3. The normalized spacial score (nSPS) is 12.8. The average Bonchev–Trinajstić information content (AvgIpc) is 2.89. The quantitative estimate of drug-likeness (QED) is 0.880. The van der Waals surface area contributed by atoms with Gasteiger partial charge in [-0.25, -0.2) is 0 Å². The molecule has 0 aromatic carbocycles. The lowest BCUT2D eigenvalue weighted by Gasteiger charge is -2.11. The van der Waals surface area contributed by atoms with Crippen LogP contribution in [0.25, 0.3) is 0 Å². The fraction of sp³-hybridized carbons (Fsp3) is 0.385. The van der Waals surface area contributed by atoms with Crippen molar-refractivity contribution >= 4 is 11.3 Å². The summed E-state index contributed by atoms with van der Waals surface area (Å²) in [5.41, 5.74) is 4.29. The fourth-order valence-corrected chi connectivity index (χ4v) is 2.81. The summed E-state index contributed by atoms with van der Waals surface area (Å²) in [5, 5.41) is 12.3. The summed E-state index contributed by atoms with van der Waals surface area (Å²) in [6.45, 7) is 6.10. The molecule has 0 amide bonds. The van der Waals surface area contributed by atoms with Crippen molar-refractivity contribution in [1.82, 2.24) is 4.98 Å². The molecule has 92 valence electrons. The van der Waals surface area contributed by atoms with Crippen LogP contribution in [-0.2, 0) is 0 Å².